The molecule has 2 aliphatic rings. The maximum Gasteiger partial charge on any atom is 0.137 e. The molecular weight excluding hydrogens is 737 g/mol. The van der Waals surface area contributed by atoms with E-state index in [-0.39, 0.29) is 10.8 Å². The van der Waals surface area contributed by atoms with Crippen LogP contribution < -0.4 is 24.9 Å². The first kappa shape index (κ1) is 37.2. The molecule has 294 valence electrons. The zero-order chi connectivity index (χ0) is 41.0. The average molecular weight is 789 g/mol. The van der Waals surface area contributed by atoms with Crippen LogP contribution in [-0.2, 0) is 10.8 Å². The van der Waals surface area contributed by atoms with Crippen LogP contribution in [0.1, 0.15) is 58.2 Å². The molecule has 2 aromatic heterocycles. The monoisotopic (exact) mass is 788 g/mol. The standard InChI is InChI=1S/C53H52N4OSi/c1-34-28-35(52(2,3)4)22-24-40(34)42-30-39(32-46-50(42)41-18-13-14-19-43(41)57(46)49-29-36(26-27-54-49)53(5,6)7)58-38-23-25-47-45(31-38)56-33-55(37-16-11-10-12-17-37)44-20-15-21-48(51(44)56)59(47,8)9/h10-32H,33H2,1-9H3. The Kier molecular flexibility index (Phi) is 8.32. The van der Waals surface area contributed by atoms with E-state index >= 15 is 0 Å². The summed E-state index contributed by atoms with van der Waals surface area (Å²) in [6.07, 6.45) is 1.95. The lowest BCUT2D eigenvalue weighted by molar-refractivity contribution is 0.483. The number of nitrogens with zero attached hydrogens (tertiary/aromatic N) is 4. The summed E-state index contributed by atoms with van der Waals surface area (Å²) in [6, 6.07) is 49.0. The number of hydrogen-bond donors (Lipinski definition) is 0. The molecular formula is C53H52N4OSi. The molecule has 0 aliphatic carbocycles. The smallest absolute Gasteiger partial charge is 0.137 e. The number of aromatic nitrogens is 2. The third-order valence-corrected chi connectivity index (χ3v) is 16.3. The van der Waals surface area contributed by atoms with Gasteiger partial charge in [0.05, 0.1) is 22.4 Å². The number of aryl methyl sites for hydroxylation is 1. The van der Waals surface area contributed by atoms with Gasteiger partial charge < -0.3 is 14.5 Å². The van der Waals surface area contributed by atoms with Crippen LogP contribution in [0.25, 0.3) is 38.8 Å². The van der Waals surface area contributed by atoms with Crippen molar-refractivity contribution in [3.05, 3.63) is 156 Å². The van der Waals surface area contributed by atoms with Crippen molar-refractivity contribution in [2.45, 2.75) is 72.4 Å². The second-order valence-corrected chi connectivity index (χ2v) is 23.4. The number of benzene rings is 6. The van der Waals surface area contributed by atoms with E-state index in [0.29, 0.717) is 0 Å². The van der Waals surface area contributed by atoms with Crippen molar-refractivity contribution in [3.8, 4) is 28.4 Å². The highest BCUT2D eigenvalue weighted by molar-refractivity contribution is 7.02. The molecule has 0 fully saturated rings. The molecule has 6 heteroatoms. The van der Waals surface area contributed by atoms with E-state index < -0.39 is 8.07 Å². The number of hydrogen-bond acceptors (Lipinski definition) is 4. The molecule has 0 saturated heterocycles. The molecule has 2 aliphatic heterocycles. The molecule has 0 N–H and O–H groups in total. The van der Waals surface area contributed by atoms with Gasteiger partial charge in [0, 0.05) is 40.5 Å². The Morgan fingerprint density at radius 3 is 2.10 bits per heavy atom. The van der Waals surface area contributed by atoms with Crippen LogP contribution >= 0.6 is 0 Å². The van der Waals surface area contributed by atoms with Crippen molar-refractivity contribution in [1.29, 1.82) is 0 Å². The fraction of sp³-hybridized carbons (Fsp3) is 0.226. The Labute approximate surface area is 349 Å². The van der Waals surface area contributed by atoms with Crippen LogP contribution in [0.3, 0.4) is 0 Å². The highest BCUT2D eigenvalue weighted by Crippen LogP contribution is 2.48. The summed E-state index contributed by atoms with van der Waals surface area (Å²) >= 11 is 0. The summed E-state index contributed by atoms with van der Waals surface area (Å²) in [5, 5.41) is 5.30. The lowest BCUT2D eigenvalue weighted by Crippen LogP contribution is -2.58. The van der Waals surface area contributed by atoms with E-state index in [1.165, 1.54) is 66.1 Å². The van der Waals surface area contributed by atoms with Crippen LogP contribution in [0.4, 0.5) is 22.7 Å². The van der Waals surface area contributed by atoms with E-state index in [0.717, 1.165) is 40.6 Å². The second kappa shape index (κ2) is 13.2. The first-order valence-electron chi connectivity index (χ1n) is 20.9. The summed E-state index contributed by atoms with van der Waals surface area (Å²) in [5.74, 6) is 2.52. The lowest BCUT2D eigenvalue weighted by atomic mass is 9.84. The minimum atomic E-state index is -2.04. The number of pyridine rings is 1. The third-order valence-electron chi connectivity index (χ3n) is 12.7. The molecule has 6 aromatic carbocycles. The predicted octanol–water partition coefficient (Wildman–Crippen LogP) is 12.9. The molecule has 0 spiro atoms. The van der Waals surface area contributed by atoms with Crippen molar-refractivity contribution >= 4 is 63.0 Å². The summed E-state index contributed by atoms with van der Waals surface area (Å²) in [5.41, 5.74) is 13.4. The Hall–Kier alpha value is -6.11. The summed E-state index contributed by atoms with van der Waals surface area (Å²) in [7, 11) is -2.04. The fourth-order valence-corrected chi connectivity index (χ4v) is 12.5. The zero-order valence-electron chi connectivity index (χ0n) is 35.7. The Balaban J connectivity index is 1.16. The van der Waals surface area contributed by atoms with Crippen molar-refractivity contribution in [1.82, 2.24) is 9.55 Å². The largest absolute Gasteiger partial charge is 0.457 e. The van der Waals surface area contributed by atoms with Crippen LogP contribution in [0.15, 0.2) is 140 Å². The summed E-state index contributed by atoms with van der Waals surface area (Å²) in [4.78, 5) is 9.97. The fourth-order valence-electron chi connectivity index (χ4n) is 9.49. The van der Waals surface area contributed by atoms with Gasteiger partial charge in [0.15, 0.2) is 0 Å². The van der Waals surface area contributed by atoms with Gasteiger partial charge in [-0.15, -0.1) is 0 Å². The van der Waals surface area contributed by atoms with E-state index in [1.54, 1.807) is 0 Å². The van der Waals surface area contributed by atoms with Crippen LogP contribution in [-0.4, -0.2) is 24.3 Å². The summed E-state index contributed by atoms with van der Waals surface area (Å²) < 4.78 is 9.45. The van der Waals surface area contributed by atoms with Gasteiger partial charge >= 0.3 is 0 Å². The molecule has 8 aromatic rings. The molecule has 59 heavy (non-hydrogen) atoms. The van der Waals surface area contributed by atoms with E-state index in [9.17, 15) is 0 Å². The maximum atomic E-state index is 7.12. The molecule has 0 saturated carbocycles. The third kappa shape index (κ3) is 5.99. The number of ether oxygens (including phenoxy) is 1. The van der Waals surface area contributed by atoms with E-state index in [2.05, 4.69) is 209 Å². The van der Waals surface area contributed by atoms with Gasteiger partial charge in [0.25, 0.3) is 0 Å². The van der Waals surface area contributed by atoms with Crippen LogP contribution in [0.5, 0.6) is 11.5 Å². The first-order chi connectivity index (χ1) is 28.2. The Morgan fingerprint density at radius 2 is 1.34 bits per heavy atom. The molecule has 10 rings (SSSR count). The molecule has 4 heterocycles. The number of para-hydroxylation sites is 3. The van der Waals surface area contributed by atoms with Gasteiger partial charge in [-0.3, -0.25) is 4.57 Å². The highest BCUT2D eigenvalue weighted by atomic mass is 28.3. The average Bonchev–Trinajstić information content (AvgIpc) is 3.76. The SMILES string of the molecule is Cc1cc(C(C)(C)C)ccc1-c1cc(Oc2ccc3c(c2)N2CN(c4ccccc4)c4cccc(c42)[Si]3(C)C)cc2c1c1ccccc1n2-c1cc(C(C)(C)C)ccn1. The Morgan fingerprint density at radius 1 is 0.593 bits per heavy atom. The molecule has 0 unspecified atom stereocenters. The van der Waals surface area contributed by atoms with Gasteiger partial charge in [-0.05, 0) is 104 Å². The molecule has 0 atom stereocenters. The highest BCUT2D eigenvalue weighted by Gasteiger charge is 2.43. The number of fused-ring (bicyclic) bond motifs is 5. The van der Waals surface area contributed by atoms with Gasteiger partial charge in [0.1, 0.15) is 32.1 Å². The van der Waals surface area contributed by atoms with Crippen LogP contribution in [0, 0.1) is 6.92 Å². The van der Waals surface area contributed by atoms with Gasteiger partial charge in [-0.25, -0.2) is 4.98 Å². The minimum absolute atomic E-state index is 0.0274. The van der Waals surface area contributed by atoms with Crippen LogP contribution in [0.2, 0.25) is 13.1 Å². The van der Waals surface area contributed by atoms with Crippen molar-refractivity contribution < 1.29 is 4.74 Å². The minimum Gasteiger partial charge on any atom is -0.457 e. The predicted molar refractivity (Wildman–Crippen MR) is 251 cm³/mol. The quantitative estimate of drug-likeness (QED) is 0.163. The molecule has 0 bridgehead atoms. The van der Waals surface area contributed by atoms with Gasteiger partial charge in [-0.2, -0.15) is 0 Å². The molecule has 0 amide bonds. The Bertz CT molecular complexity index is 2970. The first-order valence-corrected chi connectivity index (χ1v) is 23.9. The van der Waals surface area contributed by atoms with Crippen molar-refractivity contribution in [2.75, 3.05) is 16.5 Å². The topological polar surface area (TPSA) is 33.5 Å². The molecule has 5 nitrogen and oxygen atoms in total. The maximum absolute atomic E-state index is 7.12. The number of anilines is 4. The lowest BCUT2D eigenvalue weighted by Gasteiger charge is -2.38. The zero-order valence-corrected chi connectivity index (χ0v) is 36.7. The second-order valence-electron chi connectivity index (χ2n) is 19.1. The van der Waals surface area contributed by atoms with Crippen molar-refractivity contribution in [3.63, 3.8) is 0 Å². The normalized spacial score (nSPS) is 14.5. The van der Waals surface area contributed by atoms with Gasteiger partial charge in [-0.1, -0.05) is 127 Å². The number of rotatable bonds is 5. The molecule has 0 radical (unpaired) electrons. The van der Waals surface area contributed by atoms with Crippen molar-refractivity contribution in [2.24, 2.45) is 0 Å². The summed E-state index contributed by atoms with van der Waals surface area (Å²) in [6.45, 7) is 21.6. The van der Waals surface area contributed by atoms with E-state index in [4.69, 9.17) is 9.72 Å². The van der Waals surface area contributed by atoms with E-state index in [1.807, 2.05) is 6.20 Å². The van der Waals surface area contributed by atoms with Gasteiger partial charge in [0.2, 0.25) is 0 Å².